The molecule has 0 N–H and O–H groups in total. The first-order valence-electron chi connectivity index (χ1n) is 7.24. The van der Waals surface area contributed by atoms with E-state index in [4.69, 9.17) is 0 Å². The molecular formula is C15H22N4O2S. The summed E-state index contributed by atoms with van der Waals surface area (Å²) in [5, 5.41) is 9.54. The molecule has 22 heavy (non-hydrogen) atoms. The van der Waals surface area contributed by atoms with Crippen molar-refractivity contribution in [3.05, 3.63) is 35.4 Å². The summed E-state index contributed by atoms with van der Waals surface area (Å²) in [5.74, 6) is 0. The zero-order valence-corrected chi connectivity index (χ0v) is 14.0. The Morgan fingerprint density at radius 2 is 1.77 bits per heavy atom. The van der Waals surface area contributed by atoms with Crippen molar-refractivity contribution in [3.8, 4) is 6.07 Å². The van der Waals surface area contributed by atoms with Crippen molar-refractivity contribution >= 4 is 10.2 Å². The third-order valence-corrected chi connectivity index (χ3v) is 5.97. The maximum Gasteiger partial charge on any atom is 0.281 e. The summed E-state index contributed by atoms with van der Waals surface area (Å²) >= 11 is 0. The summed E-state index contributed by atoms with van der Waals surface area (Å²) in [4.78, 5) is 2.05. The number of hydrogen-bond acceptors (Lipinski definition) is 4. The van der Waals surface area contributed by atoms with Gasteiger partial charge in [0.2, 0.25) is 0 Å². The van der Waals surface area contributed by atoms with E-state index >= 15 is 0 Å². The summed E-state index contributed by atoms with van der Waals surface area (Å²) < 4.78 is 26.9. The molecule has 0 amide bonds. The maximum absolute atomic E-state index is 12.1. The zero-order valence-electron chi connectivity index (χ0n) is 13.2. The zero-order chi connectivity index (χ0) is 16.3. The van der Waals surface area contributed by atoms with Crippen LogP contribution in [-0.4, -0.2) is 62.2 Å². The number of benzene rings is 1. The van der Waals surface area contributed by atoms with Crippen molar-refractivity contribution in [3.63, 3.8) is 0 Å². The van der Waals surface area contributed by atoms with Crippen molar-refractivity contribution < 1.29 is 8.42 Å². The van der Waals surface area contributed by atoms with Crippen molar-refractivity contribution in [1.29, 1.82) is 5.26 Å². The SMILES string of the molecule is Cc1ccccc1C(C#N)N1CCN(S(=O)(=O)N(C)C)CC1. The predicted octanol–water partition coefficient (Wildman–Crippen LogP) is 0.984. The Bertz CT molecular complexity index is 658. The second-order valence-electron chi connectivity index (χ2n) is 5.61. The minimum atomic E-state index is -3.37. The Hall–Kier alpha value is -1.46. The number of piperazine rings is 1. The van der Waals surface area contributed by atoms with E-state index in [1.807, 2.05) is 36.1 Å². The van der Waals surface area contributed by atoms with Crippen LogP contribution in [0.2, 0.25) is 0 Å². The van der Waals surface area contributed by atoms with Crippen molar-refractivity contribution in [2.24, 2.45) is 0 Å². The number of nitrogens with zero attached hydrogens (tertiary/aromatic N) is 4. The lowest BCUT2D eigenvalue weighted by Gasteiger charge is -2.37. The van der Waals surface area contributed by atoms with Crippen LogP contribution in [0.15, 0.2) is 24.3 Å². The van der Waals surface area contributed by atoms with Gasteiger partial charge in [0.05, 0.1) is 6.07 Å². The van der Waals surface area contributed by atoms with Crippen LogP contribution < -0.4 is 0 Å². The number of aryl methyl sites for hydroxylation is 1. The molecule has 1 aromatic carbocycles. The van der Waals surface area contributed by atoms with Crippen LogP contribution in [0.25, 0.3) is 0 Å². The van der Waals surface area contributed by atoms with E-state index in [2.05, 4.69) is 6.07 Å². The molecule has 1 atom stereocenters. The standard InChI is InChI=1S/C15H22N4O2S/c1-13-6-4-5-7-14(13)15(12-16)18-8-10-19(11-9-18)22(20,21)17(2)3/h4-7,15H,8-11H2,1-3H3. The fourth-order valence-electron chi connectivity index (χ4n) is 2.66. The Morgan fingerprint density at radius 3 is 2.27 bits per heavy atom. The second kappa shape index (κ2) is 6.75. The highest BCUT2D eigenvalue weighted by molar-refractivity contribution is 7.86. The molecule has 0 aromatic heterocycles. The molecule has 1 aliphatic rings. The van der Waals surface area contributed by atoms with Crippen molar-refractivity contribution in [2.75, 3.05) is 40.3 Å². The summed E-state index contributed by atoms with van der Waals surface area (Å²) in [5.41, 5.74) is 2.08. The van der Waals surface area contributed by atoms with E-state index in [1.54, 1.807) is 0 Å². The molecule has 0 radical (unpaired) electrons. The van der Waals surface area contributed by atoms with E-state index < -0.39 is 10.2 Å². The fraction of sp³-hybridized carbons (Fsp3) is 0.533. The summed E-state index contributed by atoms with van der Waals surface area (Å²) in [6.07, 6.45) is 0. The summed E-state index contributed by atoms with van der Waals surface area (Å²) in [7, 11) is -0.302. The first-order chi connectivity index (χ1) is 10.4. The van der Waals surface area contributed by atoms with Gasteiger partial charge < -0.3 is 0 Å². The molecule has 6 nitrogen and oxygen atoms in total. The molecule has 0 bridgehead atoms. The fourth-order valence-corrected chi connectivity index (χ4v) is 3.75. The van der Waals surface area contributed by atoms with Gasteiger partial charge in [-0.3, -0.25) is 4.90 Å². The van der Waals surface area contributed by atoms with E-state index in [-0.39, 0.29) is 6.04 Å². The van der Waals surface area contributed by atoms with Crippen LogP contribution in [-0.2, 0) is 10.2 Å². The van der Waals surface area contributed by atoms with Crippen LogP contribution in [0.5, 0.6) is 0 Å². The highest BCUT2D eigenvalue weighted by Gasteiger charge is 2.31. The van der Waals surface area contributed by atoms with Gasteiger partial charge in [0.25, 0.3) is 10.2 Å². The second-order valence-corrected chi connectivity index (χ2v) is 7.76. The van der Waals surface area contributed by atoms with Crippen molar-refractivity contribution in [1.82, 2.24) is 13.5 Å². The third kappa shape index (κ3) is 3.31. The molecule has 2 rings (SSSR count). The lowest BCUT2D eigenvalue weighted by atomic mass is 10.0. The minimum Gasteiger partial charge on any atom is -0.282 e. The predicted molar refractivity (Wildman–Crippen MR) is 85.3 cm³/mol. The van der Waals surface area contributed by atoms with Gasteiger partial charge in [-0.15, -0.1) is 0 Å². The van der Waals surface area contributed by atoms with Gasteiger partial charge in [0.15, 0.2) is 0 Å². The maximum atomic E-state index is 12.1. The van der Waals surface area contributed by atoms with Crippen LogP contribution in [0.4, 0.5) is 0 Å². The lowest BCUT2D eigenvalue weighted by molar-refractivity contribution is 0.159. The molecule has 1 saturated heterocycles. The molecule has 1 heterocycles. The molecule has 1 unspecified atom stereocenters. The topological polar surface area (TPSA) is 67.6 Å². The van der Waals surface area contributed by atoms with Crippen LogP contribution in [0.1, 0.15) is 17.2 Å². The molecule has 120 valence electrons. The van der Waals surface area contributed by atoms with Gasteiger partial charge in [0, 0.05) is 40.3 Å². The smallest absolute Gasteiger partial charge is 0.281 e. The molecule has 7 heteroatoms. The highest BCUT2D eigenvalue weighted by atomic mass is 32.2. The van der Waals surface area contributed by atoms with E-state index in [0.717, 1.165) is 11.1 Å². The molecule has 0 spiro atoms. The van der Waals surface area contributed by atoms with Gasteiger partial charge >= 0.3 is 0 Å². The molecule has 1 aromatic rings. The van der Waals surface area contributed by atoms with Gasteiger partial charge in [-0.05, 0) is 18.1 Å². The quantitative estimate of drug-likeness (QED) is 0.829. The Labute approximate surface area is 132 Å². The summed E-state index contributed by atoms with van der Waals surface area (Å²) in [6.45, 7) is 3.92. The number of nitriles is 1. The lowest BCUT2D eigenvalue weighted by Crippen LogP contribution is -2.52. The van der Waals surface area contributed by atoms with Crippen LogP contribution in [0.3, 0.4) is 0 Å². The van der Waals surface area contributed by atoms with Gasteiger partial charge in [-0.1, -0.05) is 24.3 Å². The Kier molecular flexibility index (Phi) is 5.19. The molecular weight excluding hydrogens is 300 g/mol. The van der Waals surface area contributed by atoms with E-state index in [0.29, 0.717) is 26.2 Å². The van der Waals surface area contributed by atoms with Crippen LogP contribution >= 0.6 is 0 Å². The number of rotatable bonds is 4. The van der Waals surface area contributed by atoms with E-state index in [9.17, 15) is 13.7 Å². The highest BCUT2D eigenvalue weighted by Crippen LogP contribution is 2.25. The largest absolute Gasteiger partial charge is 0.282 e. The average molecular weight is 322 g/mol. The third-order valence-electron chi connectivity index (χ3n) is 4.03. The van der Waals surface area contributed by atoms with Gasteiger partial charge in [-0.25, -0.2) is 0 Å². The first-order valence-corrected chi connectivity index (χ1v) is 8.64. The molecule has 1 aliphatic heterocycles. The minimum absolute atomic E-state index is 0.328. The van der Waals surface area contributed by atoms with E-state index in [1.165, 1.54) is 22.7 Å². The Balaban J connectivity index is 2.11. The molecule has 1 fully saturated rings. The monoisotopic (exact) mass is 322 g/mol. The Morgan fingerprint density at radius 1 is 1.18 bits per heavy atom. The molecule has 0 saturated carbocycles. The average Bonchev–Trinajstić information content (AvgIpc) is 2.50. The van der Waals surface area contributed by atoms with Crippen LogP contribution in [0, 0.1) is 18.3 Å². The van der Waals surface area contributed by atoms with Gasteiger partial charge in [0.1, 0.15) is 6.04 Å². The number of hydrogen-bond donors (Lipinski definition) is 0. The van der Waals surface area contributed by atoms with Crippen molar-refractivity contribution in [2.45, 2.75) is 13.0 Å². The molecule has 0 aliphatic carbocycles. The summed E-state index contributed by atoms with van der Waals surface area (Å²) in [6, 6.07) is 9.86. The van der Waals surface area contributed by atoms with Gasteiger partial charge in [-0.2, -0.15) is 22.3 Å². The normalized spacial score (nSPS) is 19.0. The first kappa shape index (κ1) is 16.9.